The first-order chi connectivity index (χ1) is 19.8. The fourth-order valence-corrected chi connectivity index (χ4v) is 6.77. The standard InChI is InChI=1S/C32H38FN3O4S/c1-2-29(32(38)34-26-16-8-4-9-17-26)35(23-22-25-14-6-3-7-15-25)31(37)24-36(30-21-13-12-20-28(30)33)41(39,40)27-18-10-5-11-19-27/h3,5-7,10-15,18-21,26,29H,2,4,8-9,16-17,22-24H2,1H3,(H,34,38)/t29-/m1/s1. The average Bonchev–Trinajstić information content (AvgIpc) is 2.99. The highest BCUT2D eigenvalue weighted by Crippen LogP contribution is 2.27. The number of sulfonamides is 1. The third-order valence-electron chi connectivity index (χ3n) is 7.55. The number of halogens is 1. The van der Waals surface area contributed by atoms with Crippen molar-refractivity contribution in [2.45, 2.75) is 68.8 Å². The van der Waals surface area contributed by atoms with Gasteiger partial charge in [0.2, 0.25) is 11.8 Å². The molecule has 0 heterocycles. The van der Waals surface area contributed by atoms with Crippen molar-refractivity contribution in [3.63, 3.8) is 0 Å². The van der Waals surface area contributed by atoms with Crippen LogP contribution in [-0.2, 0) is 26.0 Å². The van der Waals surface area contributed by atoms with Crippen LogP contribution in [0.2, 0.25) is 0 Å². The third kappa shape index (κ3) is 7.73. The lowest BCUT2D eigenvalue weighted by molar-refractivity contribution is -0.140. The summed E-state index contributed by atoms with van der Waals surface area (Å²) in [5.41, 5.74) is 0.753. The Bertz CT molecular complexity index is 1400. The number of hydrogen-bond acceptors (Lipinski definition) is 4. The van der Waals surface area contributed by atoms with Crippen molar-refractivity contribution in [1.82, 2.24) is 10.2 Å². The number of hydrogen-bond donors (Lipinski definition) is 1. The van der Waals surface area contributed by atoms with E-state index in [-0.39, 0.29) is 29.1 Å². The third-order valence-corrected chi connectivity index (χ3v) is 9.33. The maximum Gasteiger partial charge on any atom is 0.264 e. The van der Waals surface area contributed by atoms with Gasteiger partial charge in [0.15, 0.2) is 0 Å². The summed E-state index contributed by atoms with van der Waals surface area (Å²) < 4.78 is 43.4. The quantitative estimate of drug-likeness (QED) is 0.315. The van der Waals surface area contributed by atoms with E-state index in [2.05, 4.69) is 5.32 Å². The molecular formula is C32H38FN3O4S. The highest BCUT2D eigenvalue weighted by molar-refractivity contribution is 7.92. The predicted octanol–water partition coefficient (Wildman–Crippen LogP) is 5.32. The van der Waals surface area contributed by atoms with E-state index in [1.54, 1.807) is 18.2 Å². The molecule has 0 radical (unpaired) electrons. The zero-order chi connectivity index (χ0) is 29.2. The van der Waals surface area contributed by atoms with Crippen LogP contribution in [0.15, 0.2) is 89.8 Å². The lowest BCUT2D eigenvalue weighted by atomic mass is 9.95. The maximum atomic E-state index is 15.0. The SMILES string of the molecule is CC[C@H](C(=O)NC1CCCCC1)N(CCc1ccccc1)C(=O)CN(c1ccccc1F)S(=O)(=O)c1ccccc1. The first kappa shape index (κ1) is 30.2. The molecule has 218 valence electrons. The van der Waals surface area contributed by atoms with Gasteiger partial charge in [-0.05, 0) is 55.5 Å². The lowest BCUT2D eigenvalue weighted by Crippen LogP contribution is -2.54. The summed E-state index contributed by atoms with van der Waals surface area (Å²) in [6.07, 6.45) is 5.87. The molecule has 0 saturated heterocycles. The van der Waals surface area contributed by atoms with Gasteiger partial charge in [0.05, 0.1) is 10.6 Å². The average molecular weight is 580 g/mol. The van der Waals surface area contributed by atoms with Crippen LogP contribution in [0, 0.1) is 5.82 Å². The molecule has 1 fully saturated rings. The largest absolute Gasteiger partial charge is 0.352 e. The Morgan fingerprint density at radius 1 is 0.902 bits per heavy atom. The highest BCUT2D eigenvalue weighted by atomic mass is 32.2. The van der Waals surface area contributed by atoms with Gasteiger partial charge in [-0.25, -0.2) is 12.8 Å². The van der Waals surface area contributed by atoms with Crippen LogP contribution in [0.3, 0.4) is 0 Å². The first-order valence-corrected chi connectivity index (χ1v) is 15.7. The van der Waals surface area contributed by atoms with E-state index in [0.29, 0.717) is 12.8 Å². The minimum Gasteiger partial charge on any atom is -0.352 e. The van der Waals surface area contributed by atoms with E-state index < -0.39 is 34.3 Å². The fourth-order valence-electron chi connectivity index (χ4n) is 5.33. The molecule has 2 amide bonds. The second kappa shape index (κ2) is 14.3. The van der Waals surface area contributed by atoms with Crippen molar-refractivity contribution in [1.29, 1.82) is 0 Å². The Balaban J connectivity index is 1.66. The van der Waals surface area contributed by atoms with Crippen LogP contribution < -0.4 is 9.62 Å². The molecule has 0 unspecified atom stereocenters. The van der Waals surface area contributed by atoms with Gasteiger partial charge in [0.25, 0.3) is 10.0 Å². The van der Waals surface area contributed by atoms with E-state index in [1.807, 2.05) is 37.3 Å². The Kier molecular flexibility index (Phi) is 10.5. The van der Waals surface area contributed by atoms with Crippen molar-refractivity contribution < 1.29 is 22.4 Å². The van der Waals surface area contributed by atoms with E-state index in [4.69, 9.17) is 0 Å². The number of carbonyl (C=O) groups excluding carboxylic acids is 2. The number of nitrogens with zero attached hydrogens (tertiary/aromatic N) is 2. The number of benzene rings is 3. The zero-order valence-electron chi connectivity index (χ0n) is 23.4. The number of rotatable bonds is 12. The van der Waals surface area contributed by atoms with Crippen LogP contribution in [0.5, 0.6) is 0 Å². The summed E-state index contributed by atoms with van der Waals surface area (Å²) in [7, 11) is -4.30. The molecule has 0 aliphatic heterocycles. The summed E-state index contributed by atoms with van der Waals surface area (Å²) >= 11 is 0. The number of amides is 2. The van der Waals surface area contributed by atoms with Crippen molar-refractivity contribution in [3.8, 4) is 0 Å². The molecule has 4 rings (SSSR count). The predicted molar refractivity (Wildman–Crippen MR) is 158 cm³/mol. The number of para-hydroxylation sites is 1. The van der Waals surface area contributed by atoms with E-state index in [1.165, 1.54) is 35.2 Å². The van der Waals surface area contributed by atoms with Crippen LogP contribution in [0.25, 0.3) is 0 Å². The van der Waals surface area contributed by atoms with E-state index in [9.17, 15) is 18.0 Å². The summed E-state index contributed by atoms with van der Waals surface area (Å²) in [6, 6.07) is 22.0. The monoisotopic (exact) mass is 579 g/mol. The molecule has 0 spiro atoms. The molecule has 0 bridgehead atoms. The minimum absolute atomic E-state index is 0.0600. The molecule has 3 aromatic rings. The number of anilines is 1. The zero-order valence-corrected chi connectivity index (χ0v) is 24.2. The van der Waals surface area contributed by atoms with Crippen molar-refractivity contribution >= 4 is 27.5 Å². The smallest absolute Gasteiger partial charge is 0.264 e. The fraction of sp³-hybridized carbons (Fsp3) is 0.375. The number of carbonyl (C=O) groups is 2. The second-order valence-electron chi connectivity index (χ2n) is 10.4. The van der Waals surface area contributed by atoms with Crippen LogP contribution in [0.4, 0.5) is 10.1 Å². The molecule has 1 aliphatic rings. The van der Waals surface area contributed by atoms with Gasteiger partial charge in [-0.3, -0.25) is 13.9 Å². The Morgan fingerprint density at radius 3 is 2.15 bits per heavy atom. The topological polar surface area (TPSA) is 86.8 Å². The molecule has 3 aromatic carbocycles. The van der Waals surface area contributed by atoms with Crippen molar-refractivity contribution in [3.05, 3.63) is 96.3 Å². The molecule has 41 heavy (non-hydrogen) atoms. The van der Waals surface area contributed by atoms with Crippen molar-refractivity contribution in [2.24, 2.45) is 0 Å². The Morgan fingerprint density at radius 2 is 1.51 bits per heavy atom. The van der Waals surface area contributed by atoms with Gasteiger partial charge in [-0.2, -0.15) is 0 Å². The van der Waals surface area contributed by atoms with Gasteiger partial charge in [-0.15, -0.1) is 0 Å². The van der Waals surface area contributed by atoms with Crippen molar-refractivity contribution in [2.75, 3.05) is 17.4 Å². The lowest BCUT2D eigenvalue weighted by Gasteiger charge is -2.34. The molecule has 1 aliphatic carbocycles. The Hall–Kier alpha value is -3.72. The van der Waals surface area contributed by atoms with E-state index in [0.717, 1.165) is 48.0 Å². The molecule has 1 N–H and O–H groups in total. The minimum atomic E-state index is -4.30. The summed E-state index contributed by atoms with van der Waals surface area (Å²) in [6.45, 7) is 1.39. The molecular weight excluding hydrogens is 541 g/mol. The molecule has 7 nitrogen and oxygen atoms in total. The van der Waals surface area contributed by atoms with E-state index >= 15 is 4.39 Å². The van der Waals surface area contributed by atoms with Gasteiger partial charge < -0.3 is 10.2 Å². The van der Waals surface area contributed by atoms with Crippen LogP contribution in [-0.4, -0.2) is 50.3 Å². The van der Waals surface area contributed by atoms with Crippen LogP contribution in [0.1, 0.15) is 51.0 Å². The van der Waals surface area contributed by atoms with Gasteiger partial charge in [0.1, 0.15) is 18.4 Å². The van der Waals surface area contributed by atoms with Gasteiger partial charge in [-0.1, -0.05) is 86.8 Å². The van der Waals surface area contributed by atoms with Crippen LogP contribution >= 0.6 is 0 Å². The number of nitrogens with one attached hydrogen (secondary N) is 1. The maximum absolute atomic E-state index is 15.0. The highest BCUT2D eigenvalue weighted by Gasteiger charge is 2.35. The summed E-state index contributed by atoms with van der Waals surface area (Å²) in [4.78, 5) is 29.0. The molecule has 1 atom stereocenters. The first-order valence-electron chi connectivity index (χ1n) is 14.3. The molecule has 0 aromatic heterocycles. The normalized spacial score (nSPS) is 14.7. The summed E-state index contributed by atoms with van der Waals surface area (Å²) in [5, 5.41) is 3.13. The Labute approximate surface area is 242 Å². The molecule has 1 saturated carbocycles. The van der Waals surface area contributed by atoms with Gasteiger partial charge >= 0.3 is 0 Å². The molecule has 9 heteroatoms. The summed E-state index contributed by atoms with van der Waals surface area (Å²) in [5.74, 6) is -1.59. The second-order valence-corrected chi connectivity index (χ2v) is 12.2. The van der Waals surface area contributed by atoms with Gasteiger partial charge in [0, 0.05) is 12.6 Å².